The Kier molecular flexibility index (Phi) is 8.92. The molecule has 38 heavy (non-hydrogen) atoms. The van der Waals surface area contributed by atoms with Crippen LogP contribution in [0.15, 0.2) is 41.0 Å². The van der Waals surface area contributed by atoms with Crippen LogP contribution in [-0.4, -0.2) is 54.8 Å². The van der Waals surface area contributed by atoms with Gasteiger partial charge in [0, 0.05) is 59.0 Å². The predicted octanol–water partition coefficient (Wildman–Crippen LogP) is 6.01. The van der Waals surface area contributed by atoms with Crippen molar-refractivity contribution in [3.63, 3.8) is 0 Å². The van der Waals surface area contributed by atoms with Gasteiger partial charge < -0.3 is 30.3 Å². The van der Waals surface area contributed by atoms with Crippen LogP contribution in [0.4, 0.5) is 21.9 Å². The number of fused-ring (bicyclic) bond motifs is 1. The maximum absolute atomic E-state index is 13.0. The Labute approximate surface area is 231 Å². The predicted molar refractivity (Wildman–Crippen MR) is 153 cm³/mol. The van der Waals surface area contributed by atoms with E-state index in [2.05, 4.69) is 61.7 Å². The molecule has 1 aliphatic rings. The minimum Gasteiger partial charge on any atom is -0.497 e. The summed E-state index contributed by atoms with van der Waals surface area (Å²) in [6.45, 7) is 8.61. The van der Waals surface area contributed by atoms with Gasteiger partial charge in [0.05, 0.1) is 36.2 Å². The molecule has 0 aliphatic carbocycles. The number of anilines is 3. The Morgan fingerprint density at radius 3 is 2.66 bits per heavy atom. The normalized spacial score (nSPS) is 14.2. The van der Waals surface area contributed by atoms with E-state index >= 15 is 0 Å². The number of hydrogen-bond acceptors (Lipinski definition) is 7. The van der Waals surface area contributed by atoms with Crippen molar-refractivity contribution >= 4 is 49.9 Å². The van der Waals surface area contributed by atoms with Gasteiger partial charge in [-0.05, 0) is 51.8 Å². The molecule has 2 heterocycles. The lowest BCUT2D eigenvalue weighted by Gasteiger charge is -2.34. The number of carbonyl (C=O) groups is 1. The molecule has 3 N–H and O–H groups in total. The van der Waals surface area contributed by atoms with Crippen LogP contribution in [0.5, 0.6) is 11.5 Å². The average molecular weight is 582 g/mol. The van der Waals surface area contributed by atoms with E-state index in [4.69, 9.17) is 9.47 Å². The van der Waals surface area contributed by atoms with Gasteiger partial charge >= 0.3 is 6.03 Å². The van der Waals surface area contributed by atoms with Crippen molar-refractivity contribution in [3.05, 3.63) is 46.6 Å². The van der Waals surface area contributed by atoms with Crippen molar-refractivity contribution in [2.45, 2.75) is 45.7 Å². The first-order valence-electron chi connectivity index (χ1n) is 12.7. The smallest absolute Gasteiger partial charge is 0.319 e. The lowest BCUT2D eigenvalue weighted by molar-refractivity contribution is 0.163. The molecular weight excluding hydrogens is 548 g/mol. The van der Waals surface area contributed by atoms with Crippen LogP contribution < -0.4 is 25.4 Å². The zero-order chi connectivity index (χ0) is 27.2. The third-order valence-corrected chi connectivity index (χ3v) is 7.07. The summed E-state index contributed by atoms with van der Waals surface area (Å²) in [7, 11) is 1.60. The van der Waals surface area contributed by atoms with Crippen LogP contribution in [0.1, 0.15) is 39.2 Å². The van der Waals surface area contributed by atoms with Crippen molar-refractivity contribution in [2.24, 2.45) is 0 Å². The Morgan fingerprint density at radius 2 is 2.00 bits per heavy atom. The maximum Gasteiger partial charge on any atom is 0.319 e. The first-order valence-corrected chi connectivity index (χ1v) is 13.5. The summed E-state index contributed by atoms with van der Waals surface area (Å²) in [5.74, 6) is 1.17. The van der Waals surface area contributed by atoms with Crippen molar-refractivity contribution in [2.75, 3.05) is 37.4 Å². The quantitative estimate of drug-likeness (QED) is 0.299. The number of nitrogens with zero attached hydrogens (tertiary/aromatic N) is 3. The van der Waals surface area contributed by atoms with Crippen LogP contribution in [0.3, 0.4) is 0 Å². The van der Waals surface area contributed by atoms with Gasteiger partial charge in [-0.15, -0.1) is 0 Å². The number of halogens is 1. The zero-order valence-corrected chi connectivity index (χ0v) is 23.7. The minimum absolute atomic E-state index is 0.108. The number of likely N-dealkylation sites (tertiary alicyclic amines) is 1. The summed E-state index contributed by atoms with van der Waals surface area (Å²) in [5.41, 5.74) is 2.80. The van der Waals surface area contributed by atoms with Gasteiger partial charge in [-0.25, -0.2) is 4.79 Å². The lowest BCUT2D eigenvalue weighted by atomic mass is 10.0. The standard InChI is InChI=1S/C28H33BrN6O3/c1-5-38-26-14-24-23(13-25(26)34-28(36)33-20-6-8-35(9-7-20)17(2)3)27(18(15-30)16-31-24)32-21-10-19(29)11-22(12-21)37-4/h10-14,16-17,20H,5-9H2,1-4H3,(H,31,32)(H2,33,34,36). The molecule has 1 aromatic heterocycles. The molecule has 1 saturated heterocycles. The van der Waals surface area contributed by atoms with E-state index in [1.54, 1.807) is 19.2 Å². The van der Waals surface area contributed by atoms with Crippen LogP contribution in [-0.2, 0) is 0 Å². The Hall–Kier alpha value is -3.55. The number of ether oxygens (including phenoxy) is 2. The number of amides is 2. The number of methoxy groups -OCH3 is 1. The van der Waals surface area contributed by atoms with Crippen molar-refractivity contribution in [3.8, 4) is 17.6 Å². The Morgan fingerprint density at radius 1 is 1.24 bits per heavy atom. The molecule has 0 bridgehead atoms. The number of hydrogen-bond donors (Lipinski definition) is 3. The summed E-state index contributed by atoms with van der Waals surface area (Å²) in [4.78, 5) is 19.9. The molecule has 0 spiro atoms. The highest BCUT2D eigenvalue weighted by Crippen LogP contribution is 2.37. The van der Waals surface area contributed by atoms with Gasteiger partial charge in [-0.3, -0.25) is 4.98 Å². The summed E-state index contributed by atoms with van der Waals surface area (Å²) < 4.78 is 12.0. The van der Waals surface area contributed by atoms with E-state index in [1.807, 2.05) is 25.1 Å². The van der Waals surface area contributed by atoms with Gasteiger partial charge in [0.2, 0.25) is 0 Å². The van der Waals surface area contributed by atoms with E-state index in [0.29, 0.717) is 52.0 Å². The molecule has 4 rings (SSSR count). The monoisotopic (exact) mass is 580 g/mol. The molecule has 0 atom stereocenters. The summed E-state index contributed by atoms with van der Waals surface area (Å²) in [6, 6.07) is 11.7. The molecule has 0 radical (unpaired) electrons. The molecule has 0 saturated carbocycles. The average Bonchev–Trinajstić information content (AvgIpc) is 2.89. The maximum atomic E-state index is 13.0. The van der Waals surface area contributed by atoms with Crippen LogP contribution in [0.2, 0.25) is 0 Å². The molecule has 0 unspecified atom stereocenters. The fourth-order valence-electron chi connectivity index (χ4n) is 4.61. The number of benzene rings is 2. The number of piperidine rings is 1. The van der Waals surface area contributed by atoms with E-state index in [0.717, 1.165) is 36.1 Å². The number of nitrogens with one attached hydrogen (secondary N) is 3. The molecule has 2 amide bonds. The Balaban J connectivity index is 1.64. The lowest BCUT2D eigenvalue weighted by Crippen LogP contribution is -2.47. The molecule has 9 nitrogen and oxygen atoms in total. The molecule has 3 aromatic rings. The van der Waals surface area contributed by atoms with Gasteiger partial charge in [-0.2, -0.15) is 5.26 Å². The van der Waals surface area contributed by atoms with Gasteiger partial charge in [0.1, 0.15) is 17.6 Å². The van der Waals surface area contributed by atoms with Crippen LogP contribution in [0.25, 0.3) is 10.9 Å². The molecule has 200 valence electrons. The minimum atomic E-state index is -0.288. The summed E-state index contributed by atoms with van der Waals surface area (Å²) in [6.07, 6.45) is 3.33. The number of rotatable bonds is 8. The zero-order valence-electron chi connectivity index (χ0n) is 22.1. The van der Waals surface area contributed by atoms with Crippen molar-refractivity contribution in [1.82, 2.24) is 15.2 Å². The topological polar surface area (TPSA) is 112 Å². The molecule has 1 aliphatic heterocycles. The third-order valence-electron chi connectivity index (χ3n) is 6.61. The largest absolute Gasteiger partial charge is 0.497 e. The summed E-state index contributed by atoms with van der Waals surface area (Å²) >= 11 is 3.50. The molecule has 1 fully saturated rings. The van der Waals surface area contributed by atoms with Crippen LogP contribution >= 0.6 is 15.9 Å². The van der Waals surface area contributed by atoms with E-state index in [-0.39, 0.29) is 12.1 Å². The number of aromatic nitrogens is 1. The van der Waals surface area contributed by atoms with E-state index < -0.39 is 0 Å². The van der Waals surface area contributed by atoms with Gasteiger partial charge in [0.15, 0.2) is 0 Å². The highest BCUT2D eigenvalue weighted by atomic mass is 79.9. The van der Waals surface area contributed by atoms with Crippen LogP contribution in [0, 0.1) is 11.3 Å². The van der Waals surface area contributed by atoms with Crippen molar-refractivity contribution < 1.29 is 14.3 Å². The van der Waals surface area contributed by atoms with E-state index in [9.17, 15) is 10.1 Å². The molecule has 10 heteroatoms. The second-order valence-corrected chi connectivity index (χ2v) is 10.4. The number of nitriles is 1. The first kappa shape index (κ1) is 27.5. The fourth-order valence-corrected chi connectivity index (χ4v) is 5.09. The Bertz CT molecular complexity index is 1350. The highest BCUT2D eigenvalue weighted by Gasteiger charge is 2.23. The fraction of sp³-hybridized carbons (Fsp3) is 0.393. The van der Waals surface area contributed by atoms with E-state index in [1.165, 1.54) is 6.20 Å². The molecule has 2 aromatic carbocycles. The number of carbonyl (C=O) groups excluding carboxylic acids is 1. The first-order chi connectivity index (χ1) is 18.3. The SMILES string of the molecule is CCOc1cc2ncc(C#N)c(Nc3cc(Br)cc(OC)c3)c2cc1NC(=O)NC1CCN(C(C)C)CC1. The number of pyridine rings is 1. The molecular formula is C28H33BrN6O3. The third kappa shape index (κ3) is 6.47. The van der Waals surface area contributed by atoms with Crippen molar-refractivity contribution in [1.29, 1.82) is 5.26 Å². The second kappa shape index (κ2) is 12.3. The number of urea groups is 1. The van der Waals surface area contributed by atoms with Gasteiger partial charge in [-0.1, -0.05) is 15.9 Å². The second-order valence-electron chi connectivity index (χ2n) is 9.46. The highest BCUT2D eigenvalue weighted by molar-refractivity contribution is 9.10. The van der Waals surface area contributed by atoms with Gasteiger partial charge in [0.25, 0.3) is 0 Å². The summed E-state index contributed by atoms with van der Waals surface area (Å²) in [5, 5.41) is 19.9.